The molecule has 40 heavy (non-hydrogen) atoms. The summed E-state index contributed by atoms with van der Waals surface area (Å²) in [5, 5.41) is 21.8. The number of hydrogen-bond acceptors (Lipinski definition) is 11. The van der Waals surface area contributed by atoms with Crippen LogP contribution in [0.3, 0.4) is 0 Å². The Kier molecular flexibility index (Phi) is 12.8. The topological polar surface area (TPSA) is 201 Å². The van der Waals surface area contributed by atoms with Gasteiger partial charge in [-0.05, 0) is 0 Å². The molecule has 2 heterocycles. The maximum atomic E-state index is 13.4. The van der Waals surface area contributed by atoms with Gasteiger partial charge in [0, 0.05) is 38.2 Å². The number of Topliss-reactive ketones (excluding diaryl/α,β-unsaturated/α-hetero) is 1. The molecule has 17 heteroatoms. The summed E-state index contributed by atoms with van der Waals surface area (Å²) in [4.78, 5) is 74.0. The number of rotatable bonds is 16. The molecule has 0 spiro atoms. The Labute approximate surface area is 235 Å². The molecular weight excluding hydrogens is 574 g/mol. The summed E-state index contributed by atoms with van der Waals surface area (Å²) >= 11 is 1.98. The number of halogens is 2. The second kappa shape index (κ2) is 15.8. The first-order valence-electron chi connectivity index (χ1n) is 11.5. The summed E-state index contributed by atoms with van der Waals surface area (Å²) in [6, 6.07) is -2.54. The minimum absolute atomic E-state index is 0.148. The zero-order chi connectivity index (χ0) is 29.8. The molecule has 0 radical (unpaired) electrons. The summed E-state index contributed by atoms with van der Waals surface area (Å²) < 4.78 is 26.7. The molecule has 0 aliphatic heterocycles. The molecule has 4 N–H and O–H groups in total. The lowest BCUT2D eigenvalue weighted by Crippen LogP contribution is -2.41. The van der Waals surface area contributed by atoms with Gasteiger partial charge in [-0.15, -0.1) is 23.5 Å². The Morgan fingerprint density at radius 2 is 1.10 bits per heavy atom. The van der Waals surface area contributed by atoms with Crippen LogP contribution in [0.1, 0.15) is 48.6 Å². The zero-order valence-electron chi connectivity index (χ0n) is 21.2. The number of carbonyl (C=O) groups excluding carboxylic acids is 3. The highest BCUT2D eigenvalue weighted by atomic mass is 32.2. The third-order valence-electron chi connectivity index (χ3n) is 5.05. The number of hydrogen-bond donors (Lipinski definition) is 4. The lowest BCUT2D eigenvalue weighted by atomic mass is 10.1. The average Bonchev–Trinajstić information content (AvgIpc) is 2.87. The van der Waals surface area contributed by atoms with E-state index in [0.29, 0.717) is 0 Å². The largest absolute Gasteiger partial charge is 0.480 e. The first kappa shape index (κ1) is 32.5. The van der Waals surface area contributed by atoms with E-state index in [2.05, 4.69) is 30.6 Å². The molecule has 0 aliphatic rings. The second-order valence-corrected chi connectivity index (χ2v) is 10.8. The highest BCUT2D eigenvalue weighted by molar-refractivity contribution is 7.99. The van der Waals surface area contributed by atoms with Crippen LogP contribution in [0.4, 0.5) is 8.78 Å². The van der Waals surface area contributed by atoms with Crippen molar-refractivity contribution in [2.24, 2.45) is 0 Å². The lowest BCUT2D eigenvalue weighted by molar-refractivity contribution is -0.141. The predicted octanol–water partition coefficient (Wildman–Crippen LogP) is 1.32. The average molecular weight is 601 g/mol. The van der Waals surface area contributed by atoms with Crippen LogP contribution in [0.5, 0.6) is 0 Å². The van der Waals surface area contributed by atoms with Crippen molar-refractivity contribution >= 4 is 53.1 Å². The van der Waals surface area contributed by atoms with Crippen LogP contribution in [-0.4, -0.2) is 83.3 Å². The van der Waals surface area contributed by atoms with Crippen LogP contribution in [-0.2, 0) is 24.0 Å². The third kappa shape index (κ3) is 11.2. The lowest BCUT2D eigenvalue weighted by Gasteiger charge is -2.21. The van der Waals surface area contributed by atoms with Gasteiger partial charge in [-0.25, -0.2) is 19.6 Å². The van der Waals surface area contributed by atoms with Gasteiger partial charge in [-0.2, -0.15) is 8.78 Å². The van der Waals surface area contributed by atoms with Crippen LogP contribution in [0, 0.1) is 11.9 Å². The quantitative estimate of drug-likeness (QED) is 0.215. The molecule has 2 aromatic rings. The van der Waals surface area contributed by atoms with Crippen molar-refractivity contribution in [1.82, 2.24) is 30.6 Å². The summed E-state index contributed by atoms with van der Waals surface area (Å²) in [6.07, 6.45) is 3.45. The van der Waals surface area contributed by atoms with Gasteiger partial charge in [-0.3, -0.25) is 24.4 Å². The summed E-state index contributed by atoms with van der Waals surface area (Å²) in [5.41, 5.74) is 0.378. The zero-order valence-corrected chi connectivity index (χ0v) is 22.9. The first-order valence-corrected chi connectivity index (χ1v) is 13.6. The molecule has 0 saturated heterocycles. The van der Waals surface area contributed by atoms with Gasteiger partial charge in [0.05, 0.1) is 46.7 Å². The molecule has 0 saturated carbocycles. The Morgan fingerprint density at radius 3 is 1.38 bits per heavy atom. The Morgan fingerprint density at radius 1 is 0.725 bits per heavy atom. The Balaban J connectivity index is 2.24. The minimum Gasteiger partial charge on any atom is -0.480 e. The summed E-state index contributed by atoms with van der Waals surface area (Å²) in [6.45, 7) is 2.31. The van der Waals surface area contributed by atoms with E-state index in [1.807, 2.05) is 0 Å². The maximum absolute atomic E-state index is 13.4. The third-order valence-corrected chi connectivity index (χ3v) is 7.72. The van der Waals surface area contributed by atoms with Gasteiger partial charge < -0.3 is 20.8 Å². The van der Waals surface area contributed by atoms with E-state index >= 15 is 0 Å². The number of nitrogens with zero attached hydrogens (tertiary/aromatic N) is 4. The molecular formula is C23H26F2N6O7S2. The minimum atomic E-state index is -1.29. The van der Waals surface area contributed by atoms with Crippen molar-refractivity contribution in [2.45, 2.75) is 49.3 Å². The molecule has 13 nitrogen and oxygen atoms in total. The van der Waals surface area contributed by atoms with Crippen LogP contribution in [0.25, 0.3) is 0 Å². The highest BCUT2D eigenvalue weighted by Gasteiger charge is 2.28. The maximum Gasteiger partial charge on any atom is 0.327 e. The number of carboxylic acids is 2. The van der Waals surface area contributed by atoms with E-state index < -0.39 is 64.0 Å². The van der Waals surface area contributed by atoms with Gasteiger partial charge in [0.25, 0.3) is 0 Å². The molecule has 2 amide bonds. The SMILES string of the molecule is CC(=O)NC(CSC(CC(=O)CC(SCC(NC(C)=O)C(=O)O)c1cnc(F)cn1)c1cnc(F)cn1)C(=O)O. The van der Waals surface area contributed by atoms with E-state index in [0.717, 1.165) is 62.2 Å². The molecule has 216 valence electrons. The number of aliphatic carboxylic acids is 2. The number of carbonyl (C=O) groups is 5. The van der Waals surface area contributed by atoms with Gasteiger partial charge >= 0.3 is 11.9 Å². The first-order chi connectivity index (χ1) is 18.8. The Bertz CT molecular complexity index is 1120. The molecule has 2 aromatic heterocycles. The fourth-order valence-electron chi connectivity index (χ4n) is 3.24. The second-order valence-electron chi connectivity index (χ2n) is 8.30. The molecule has 0 bridgehead atoms. The standard InChI is InChI=1S/C23H26F2N6O7S2/c1-11(32)30-16(22(35)36)9-39-18(14-5-28-20(24)7-26-14)3-13(34)4-19(15-6-29-21(25)8-27-15)40-10-17(23(37)38)31-12(2)33/h5-8,16-19H,3-4,9-10H2,1-2H3,(H,30,32)(H,31,33)(H,35,36)(H,37,38). The normalized spacial score (nSPS) is 13.9. The molecule has 0 aromatic carbocycles. The van der Waals surface area contributed by atoms with E-state index in [1.54, 1.807) is 0 Å². The van der Waals surface area contributed by atoms with Crippen molar-refractivity contribution in [2.75, 3.05) is 11.5 Å². The summed E-state index contributed by atoms with van der Waals surface area (Å²) in [7, 11) is 0. The molecule has 2 rings (SSSR count). The number of thioether (sulfide) groups is 2. The number of nitrogens with one attached hydrogen (secondary N) is 2. The van der Waals surface area contributed by atoms with Crippen LogP contribution < -0.4 is 10.6 Å². The molecule has 0 fully saturated rings. The van der Waals surface area contributed by atoms with E-state index in [-0.39, 0.29) is 35.7 Å². The number of amides is 2. The van der Waals surface area contributed by atoms with Crippen molar-refractivity contribution in [1.29, 1.82) is 0 Å². The summed E-state index contributed by atoms with van der Waals surface area (Å²) in [5.74, 6) is -6.14. The van der Waals surface area contributed by atoms with Crippen LogP contribution in [0.15, 0.2) is 24.8 Å². The van der Waals surface area contributed by atoms with Gasteiger partial charge in [0.2, 0.25) is 23.7 Å². The fourth-order valence-corrected chi connectivity index (χ4v) is 5.73. The van der Waals surface area contributed by atoms with Crippen molar-refractivity contribution in [3.05, 3.63) is 48.1 Å². The fraction of sp³-hybridized carbons (Fsp3) is 0.435. The monoisotopic (exact) mass is 600 g/mol. The van der Waals surface area contributed by atoms with Crippen molar-refractivity contribution in [3.63, 3.8) is 0 Å². The molecule has 4 unspecified atom stereocenters. The van der Waals surface area contributed by atoms with Gasteiger partial charge in [-0.1, -0.05) is 0 Å². The van der Waals surface area contributed by atoms with Crippen LogP contribution >= 0.6 is 23.5 Å². The Hall–Kier alpha value is -3.73. The number of aromatic nitrogens is 4. The molecule has 4 atom stereocenters. The smallest absolute Gasteiger partial charge is 0.327 e. The highest BCUT2D eigenvalue weighted by Crippen LogP contribution is 2.36. The number of ketones is 1. The van der Waals surface area contributed by atoms with Crippen LogP contribution in [0.2, 0.25) is 0 Å². The number of carboxylic acid groups (broad SMARTS) is 2. The van der Waals surface area contributed by atoms with Gasteiger partial charge in [0.15, 0.2) is 0 Å². The van der Waals surface area contributed by atoms with E-state index in [9.17, 15) is 43.0 Å². The van der Waals surface area contributed by atoms with Crippen molar-refractivity contribution in [3.8, 4) is 0 Å². The van der Waals surface area contributed by atoms with E-state index in [4.69, 9.17) is 0 Å². The van der Waals surface area contributed by atoms with Crippen molar-refractivity contribution < 1.29 is 43.0 Å². The molecule has 0 aliphatic carbocycles. The predicted molar refractivity (Wildman–Crippen MR) is 139 cm³/mol. The van der Waals surface area contributed by atoms with Gasteiger partial charge in [0.1, 0.15) is 17.9 Å². The van der Waals surface area contributed by atoms with E-state index in [1.165, 1.54) is 0 Å².